The normalized spacial score (nSPS) is 17.2. The molecule has 2 rings (SSSR count). The summed E-state index contributed by atoms with van der Waals surface area (Å²) >= 11 is 1.19. The molecule has 1 fully saturated rings. The largest absolute Gasteiger partial charge is 0.349 e. The van der Waals surface area contributed by atoms with Crippen LogP contribution < -0.4 is 5.32 Å². The van der Waals surface area contributed by atoms with E-state index in [0.717, 1.165) is 25.7 Å². The number of aryl methyl sites for hydroxylation is 1. The maximum atomic E-state index is 12.2. The summed E-state index contributed by atoms with van der Waals surface area (Å²) in [7, 11) is 0. The molecule has 1 N–H and O–H groups in total. The third-order valence-corrected chi connectivity index (χ3v) is 4.79. The molecule has 0 aliphatic heterocycles. The lowest BCUT2D eigenvalue weighted by molar-refractivity contribution is -0.385. The van der Waals surface area contributed by atoms with Crippen LogP contribution in [0.25, 0.3) is 0 Å². The van der Waals surface area contributed by atoms with Crippen molar-refractivity contribution in [3.05, 3.63) is 25.9 Å². The van der Waals surface area contributed by atoms with Gasteiger partial charge in [-0.05, 0) is 19.8 Å². The number of hydrogen-bond acceptors (Lipinski definition) is 4. The van der Waals surface area contributed by atoms with Crippen LogP contribution in [-0.2, 0) is 0 Å². The number of amides is 1. The van der Waals surface area contributed by atoms with E-state index in [1.807, 2.05) is 0 Å². The van der Waals surface area contributed by atoms with Gasteiger partial charge in [-0.1, -0.05) is 32.1 Å². The molecule has 1 amide bonds. The summed E-state index contributed by atoms with van der Waals surface area (Å²) in [5, 5.41) is 13.8. The molecular formula is C14H20N2O3S. The summed E-state index contributed by atoms with van der Waals surface area (Å²) in [6, 6.07) is 1.60. The number of nitro groups is 1. The zero-order valence-corrected chi connectivity index (χ0v) is 12.5. The monoisotopic (exact) mass is 296 g/mol. The summed E-state index contributed by atoms with van der Waals surface area (Å²) in [6.07, 6.45) is 8.07. The fraction of sp³-hybridized carbons (Fsp3) is 0.643. The third-order valence-electron chi connectivity index (χ3n) is 3.75. The highest BCUT2D eigenvalue weighted by atomic mass is 32.1. The van der Waals surface area contributed by atoms with Crippen molar-refractivity contribution in [2.75, 3.05) is 0 Å². The summed E-state index contributed by atoms with van der Waals surface area (Å²) in [5.41, 5.74) is 0.0396. The van der Waals surface area contributed by atoms with Crippen molar-refractivity contribution in [1.29, 1.82) is 0 Å². The average Bonchev–Trinajstić information content (AvgIpc) is 2.74. The maximum absolute atomic E-state index is 12.2. The van der Waals surface area contributed by atoms with Gasteiger partial charge in [-0.15, -0.1) is 11.3 Å². The highest BCUT2D eigenvalue weighted by Crippen LogP contribution is 2.28. The first-order chi connectivity index (χ1) is 9.58. The second kappa shape index (κ2) is 6.83. The van der Waals surface area contributed by atoms with E-state index in [-0.39, 0.29) is 17.6 Å². The molecule has 6 heteroatoms. The van der Waals surface area contributed by atoms with Crippen molar-refractivity contribution in [3.63, 3.8) is 0 Å². The Balaban J connectivity index is 1.99. The van der Waals surface area contributed by atoms with Crippen LogP contribution >= 0.6 is 11.3 Å². The first-order valence-corrected chi connectivity index (χ1v) is 7.95. The molecule has 1 aromatic rings. The molecule has 1 heterocycles. The van der Waals surface area contributed by atoms with Gasteiger partial charge >= 0.3 is 0 Å². The Hall–Kier alpha value is -1.43. The summed E-state index contributed by atoms with van der Waals surface area (Å²) in [4.78, 5) is 23.6. The standard InChI is InChI=1S/C14H20N2O3S/c1-10-12(16(18)19)9-13(20-10)14(17)15-11-7-5-3-2-4-6-8-11/h9,11H,2-8H2,1H3,(H,15,17). The van der Waals surface area contributed by atoms with Crippen LogP contribution in [0.5, 0.6) is 0 Å². The fourth-order valence-electron chi connectivity index (χ4n) is 2.62. The van der Waals surface area contributed by atoms with Crippen molar-refractivity contribution < 1.29 is 9.72 Å². The number of thiophene rings is 1. The lowest BCUT2D eigenvalue weighted by Gasteiger charge is -2.20. The van der Waals surface area contributed by atoms with Gasteiger partial charge in [0.2, 0.25) is 0 Å². The quantitative estimate of drug-likeness (QED) is 0.681. The van der Waals surface area contributed by atoms with Gasteiger partial charge in [0.1, 0.15) is 0 Å². The van der Waals surface area contributed by atoms with Crippen LogP contribution in [0.4, 0.5) is 5.69 Å². The van der Waals surface area contributed by atoms with E-state index in [1.165, 1.54) is 36.7 Å². The van der Waals surface area contributed by atoms with Gasteiger partial charge in [0.05, 0.1) is 14.7 Å². The minimum Gasteiger partial charge on any atom is -0.349 e. The molecule has 5 nitrogen and oxygen atoms in total. The highest BCUT2D eigenvalue weighted by Gasteiger charge is 2.21. The first-order valence-electron chi connectivity index (χ1n) is 7.13. The van der Waals surface area contributed by atoms with Gasteiger partial charge in [-0.3, -0.25) is 14.9 Å². The van der Waals surface area contributed by atoms with Crippen molar-refractivity contribution in [1.82, 2.24) is 5.32 Å². The number of hydrogen-bond donors (Lipinski definition) is 1. The van der Waals surface area contributed by atoms with E-state index in [9.17, 15) is 14.9 Å². The topological polar surface area (TPSA) is 72.2 Å². The molecule has 0 aromatic carbocycles. The Morgan fingerprint density at radius 2 is 1.90 bits per heavy atom. The molecule has 1 aliphatic carbocycles. The first kappa shape index (κ1) is 15.0. The Morgan fingerprint density at radius 1 is 1.30 bits per heavy atom. The third kappa shape index (κ3) is 3.79. The number of carbonyl (C=O) groups is 1. The van der Waals surface area contributed by atoms with E-state index in [4.69, 9.17) is 0 Å². The second-order valence-corrected chi connectivity index (χ2v) is 6.58. The van der Waals surface area contributed by atoms with Gasteiger partial charge in [0.15, 0.2) is 0 Å². The van der Waals surface area contributed by atoms with E-state index < -0.39 is 4.92 Å². The molecule has 0 unspecified atom stereocenters. The van der Waals surface area contributed by atoms with Gasteiger partial charge in [0.25, 0.3) is 11.6 Å². The highest BCUT2D eigenvalue weighted by molar-refractivity contribution is 7.14. The summed E-state index contributed by atoms with van der Waals surface area (Å²) in [5.74, 6) is -0.170. The van der Waals surface area contributed by atoms with Crippen LogP contribution in [-0.4, -0.2) is 16.9 Å². The molecule has 0 atom stereocenters. The number of nitrogens with one attached hydrogen (secondary N) is 1. The minimum absolute atomic E-state index is 0.0396. The Bertz CT molecular complexity index is 491. The Kier molecular flexibility index (Phi) is 5.11. The average molecular weight is 296 g/mol. The van der Waals surface area contributed by atoms with Crippen molar-refractivity contribution in [2.24, 2.45) is 0 Å². The maximum Gasteiger partial charge on any atom is 0.283 e. The molecule has 0 spiro atoms. The molecular weight excluding hydrogens is 276 g/mol. The van der Waals surface area contributed by atoms with Gasteiger partial charge in [-0.2, -0.15) is 0 Å². The van der Waals surface area contributed by atoms with Crippen molar-refractivity contribution in [3.8, 4) is 0 Å². The predicted octanol–water partition coefficient (Wildman–Crippen LogP) is 3.81. The smallest absolute Gasteiger partial charge is 0.283 e. The van der Waals surface area contributed by atoms with Crippen molar-refractivity contribution >= 4 is 22.9 Å². The lowest BCUT2D eigenvalue weighted by Crippen LogP contribution is -2.34. The Morgan fingerprint density at radius 3 is 2.45 bits per heavy atom. The Labute approximate surface area is 122 Å². The summed E-state index contributed by atoms with van der Waals surface area (Å²) < 4.78 is 0. The van der Waals surface area contributed by atoms with Crippen LogP contribution in [0, 0.1) is 17.0 Å². The molecule has 110 valence electrons. The zero-order valence-electron chi connectivity index (χ0n) is 11.7. The number of carbonyl (C=O) groups excluding carboxylic acids is 1. The number of nitrogens with zero attached hydrogens (tertiary/aromatic N) is 1. The number of rotatable bonds is 3. The minimum atomic E-state index is -0.432. The second-order valence-electron chi connectivity index (χ2n) is 5.32. The zero-order chi connectivity index (χ0) is 14.5. The van der Waals surface area contributed by atoms with Crippen molar-refractivity contribution in [2.45, 2.75) is 57.9 Å². The molecule has 1 saturated carbocycles. The van der Waals surface area contributed by atoms with Gasteiger partial charge in [0, 0.05) is 12.1 Å². The van der Waals surface area contributed by atoms with Crippen LogP contribution in [0.3, 0.4) is 0 Å². The molecule has 20 heavy (non-hydrogen) atoms. The SMILES string of the molecule is Cc1sc(C(=O)NC2CCCCCCC2)cc1[N+](=O)[O-]. The molecule has 1 aliphatic rings. The van der Waals surface area contributed by atoms with E-state index in [0.29, 0.717) is 9.75 Å². The van der Waals surface area contributed by atoms with Crippen LogP contribution in [0.15, 0.2) is 6.07 Å². The molecule has 1 aromatic heterocycles. The van der Waals surface area contributed by atoms with E-state index in [1.54, 1.807) is 6.92 Å². The fourth-order valence-corrected chi connectivity index (χ4v) is 3.51. The molecule has 0 radical (unpaired) electrons. The van der Waals surface area contributed by atoms with Crippen LogP contribution in [0.1, 0.15) is 59.5 Å². The molecule has 0 bridgehead atoms. The lowest BCUT2D eigenvalue weighted by atomic mass is 9.97. The molecule has 0 saturated heterocycles. The van der Waals surface area contributed by atoms with Crippen LogP contribution in [0.2, 0.25) is 0 Å². The summed E-state index contributed by atoms with van der Waals surface area (Å²) in [6.45, 7) is 1.68. The van der Waals surface area contributed by atoms with E-state index >= 15 is 0 Å². The van der Waals surface area contributed by atoms with E-state index in [2.05, 4.69) is 5.32 Å². The van der Waals surface area contributed by atoms with Gasteiger partial charge in [-0.25, -0.2) is 0 Å². The predicted molar refractivity (Wildman–Crippen MR) is 79.3 cm³/mol. The van der Waals surface area contributed by atoms with Gasteiger partial charge < -0.3 is 5.32 Å².